The molecule has 1 aliphatic heterocycles. The minimum Gasteiger partial charge on any atom is -1.00 e. The Kier molecular flexibility index (Phi) is 5.35. The lowest BCUT2D eigenvalue weighted by Gasteiger charge is -2.52. The van der Waals surface area contributed by atoms with E-state index in [-0.39, 0.29) is 35.1 Å². The zero-order valence-corrected chi connectivity index (χ0v) is 16.1. The number of benzene rings is 1. The maximum Gasteiger partial charge on any atom is 0.125 e. The van der Waals surface area contributed by atoms with Crippen molar-refractivity contribution in [2.24, 2.45) is 0 Å². The molecule has 0 bridgehead atoms. The average molecular weight is 387 g/mol. The second kappa shape index (κ2) is 5.96. The van der Waals surface area contributed by atoms with Gasteiger partial charge in [0.1, 0.15) is 11.1 Å². The van der Waals surface area contributed by atoms with Gasteiger partial charge in [-0.1, -0.05) is 52.0 Å². The molecular weight excluding hydrogens is 357 g/mol. The molecular formula is C18H30IN. The van der Waals surface area contributed by atoms with Gasteiger partial charge in [-0.25, -0.2) is 0 Å². The molecule has 0 aliphatic carbocycles. The number of quaternary nitrogens is 1. The molecule has 0 aromatic heterocycles. The van der Waals surface area contributed by atoms with E-state index in [1.807, 2.05) is 0 Å². The van der Waals surface area contributed by atoms with Gasteiger partial charge in [0.2, 0.25) is 0 Å². The van der Waals surface area contributed by atoms with Crippen molar-refractivity contribution >= 4 is 0 Å². The van der Waals surface area contributed by atoms with Crippen molar-refractivity contribution in [2.75, 3.05) is 14.1 Å². The van der Waals surface area contributed by atoms with E-state index in [0.717, 1.165) is 4.48 Å². The third-order valence-electron chi connectivity index (χ3n) is 6.41. The maximum atomic E-state index is 2.46. The fourth-order valence-electron chi connectivity index (χ4n) is 5.15. The summed E-state index contributed by atoms with van der Waals surface area (Å²) in [5, 5.41) is 0. The Morgan fingerprint density at radius 2 is 1.05 bits per heavy atom. The van der Waals surface area contributed by atoms with Crippen LogP contribution >= 0.6 is 0 Å². The van der Waals surface area contributed by atoms with Crippen molar-refractivity contribution < 1.29 is 28.5 Å². The van der Waals surface area contributed by atoms with Crippen LogP contribution in [0.25, 0.3) is 0 Å². The molecule has 20 heavy (non-hydrogen) atoms. The van der Waals surface area contributed by atoms with Crippen molar-refractivity contribution in [1.82, 2.24) is 0 Å². The van der Waals surface area contributed by atoms with Gasteiger partial charge in [0.25, 0.3) is 0 Å². The summed E-state index contributed by atoms with van der Waals surface area (Å²) < 4.78 is 1.11. The Hall–Kier alpha value is -0.0900. The summed E-state index contributed by atoms with van der Waals surface area (Å²) in [5.41, 5.74) is 3.77. The molecule has 0 saturated heterocycles. The average Bonchev–Trinajstić information content (AvgIpc) is 2.60. The van der Waals surface area contributed by atoms with Crippen LogP contribution in [0.4, 0.5) is 0 Å². The quantitative estimate of drug-likeness (QED) is 0.546. The fraction of sp³-hybridized carbons (Fsp3) is 0.667. The molecule has 0 saturated carbocycles. The van der Waals surface area contributed by atoms with Crippen LogP contribution in [0.1, 0.15) is 64.5 Å². The fourth-order valence-corrected chi connectivity index (χ4v) is 5.15. The van der Waals surface area contributed by atoms with Crippen LogP contribution in [0, 0.1) is 0 Å². The predicted octanol–water partition coefficient (Wildman–Crippen LogP) is 1.81. The second-order valence-corrected chi connectivity index (χ2v) is 6.48. The Morgan fingerprint density at radius 3 is 1.30 bits per heavy atom. The summed E-state index contributed by atoms with van der Waals surface area (Å²) in [6, 6.07) is 9.21. The predicted molar refractivity (Wildman–Crippen MR) is 83.1 cm³/mol. The summed E-state index contributed by atoms with van der Waals surface area (Å²) in [7, 11) is 4.92. The monoisotopic (exact) mass is 387 g/mol. The molecule has 0 spiro atoms. The minimum atomic E-state index is 0. The summed E-state index contributed by atoms with van der Waals surface area (Å²) in [6.45, 7) is 9.45. The molecule has 114 valence electrons. The van der Waals surface area contributed by atoms with Gasteiger partial charge in [0.15, 0.2) is 0 Å². The minimum absolute atomic E-state index is 0. The summed E-state index contributed by atoms with van der Waals surface area (Å²) in [6.07, 6.45) is 4.87. The lowest BCUT2D eigenvalue weighted by molar-refractivity contribution is -0.997. The summed E-state index contributed by atoms with van der Waals surface area (Å²) >= 11 is 0. The van der Waals surface area contributed by atoms with E-state index in [2.05, 4.69) is 66.1 Å². The molecule has 0 radical (unpaired) electrons. The van der Waals surface area contributed by atoms with Gasteiger partial charge in [-0.15, -0.1) is 0 Å². The van der Waals surface area contributed by atoms with E-state index in [0.29, 0.717) is 0 Å². The molecule has 1 nitrogen and oxygen atoms in total. The molecule has 0 atom stereocenters. The van der Waals surface area contributed by atoms with E-state index in [1.165, 1.54) is 25.7 Å². The highest BCUT2D eigenvalue weighted by molar-refractivity contribution is 5.41. The largest absolute Gasteiger partial charge is 1.00 e. The number of halogens is 1. The Bertz CT molecular complexity index is 415. The van der Waals surface area contributed by atoms with Crippen LogP contribution in [-0.2, 0) is 11.1 Å². The first-order valence-corrected chi connectivity index (χ1v) is 7.91. The number of nitrogens with zero attached hydrogens (tertiary/aromatic N) is 1. The lowest BCUT2D eigenvalue weighted by Crippen LogP contribution is -3.00. The van der Waals surface area contributed by atoms with E-state index in [1.54, 1.807) is 11.1 Å². The van der Waals surface area contributed by atoms with Crippen molar-refractivity contribution in [3.05, 3.63) is 35.4 Å². The van der Waals surface area contributed by atoms with E-state index >= 15 is 0 Å². The molecule has 0 amide bonds. The third kappa shape index (κ3) is 1.83. The van der Waals surface area contributed by atoms with Gasteiger partial charge in [0, 0.05) is 36.8 Å². The SMILES string of the molecule is CCC1(CC)c2ccccc2C(CC)(CC)[N+]1(C)C.[I-]. The zero-order chi connectivity index (χ0) is 14.3. The van der Waals surface area contributed by atoms with Crippen LogP contribution in [-0.4, -0.2) is 18.6 Å². The van der Waals surface area contributed by atoms with Gasteiger partial charge in [-0.2, -0.15) is 0 Å². The number of hydrogen-bond donors (Lipinski definition) is 0. The molecule has 1 aromatic carbocycles. The molecule has 0 N–H and O–H groups in total. The van der Waals surface area contributed by atoms with Crippen LogP contribution in [0.2, 0.25) is 0 Å². The van der Waals surface area contributed by atoms with Crippen molar-refractivity contribution in [3.63, 3.8) is 0 Å². The van der Waals surface area contributed by atoms with Crippen LogP contribution in [0.3, 0.4) is 0 Å². The zero-order valence-electron chi connectivity index (χ0n) is 14.0. The number of hydrogen-bond acceptors (Lipinski definition) is 0. The van der Waals surface area contributed by atoms with Crippen LogP contribution in [0.5, 0.6) is 0 Å². The molecule has 0 unspecified atom stereocenters. The molecule has 1 aromatic rings. The van der Waals surface area contributed by atoms with Gasteiger partial charge in [-0.3, -0.25) is 0 Å². The van der Waals surface area contributed by atoms with Crippen molar-refractivity contribution in [2.45, 2.75) is 64.5 Å². The van der Waals surface area contributed by atoms with Crippen molar-refractivity contribution in [1.29, 1.82) is 0 Å². The van der Waals surface area contributed by atoms with E-state index in [9.17, 15) is 0 Å². The maximum absolute atomic E-state index is 2.46. The van der Waals surface area contributed by atoms with Crippen LogP contribution < -0.4 is 24.0 Å². The standard InChI is InChI=1S/C18H30N.HI/c1-7-17(8-2)15-13-11-12-14-16(15)18(9-3,10-4)19(17,5)6;/h11-14H,7-10H2,1-6H3;1H/q+1;/p-1. The summed E-state index contributed by atoms with van der Waals surface area (Å²) in [5.74, 6) is 0. The van der Waals surface area contributed by atoms with Gasteiger partial charge < -0.3 is 28.5 Å². The number of rotatable bonds is 4. The van der Waals surface area contributed by atoms with Crippen molar-refractivity contribution in [3.8, 4) is 0 Å². The summed E-state index contributed by atoms with van der Waals surface area (Å²) in [4.78, 5) is 0. The van der Waals surface area contributed by atoms with Crippen LogP contribution in [0.15, 0.2) is 24.3 Å². The topological polar surface area (TPSA) is 0 Å². The molecule has 0 fully saturated rings. The first-order valence-electron chi connectivity index (χ1n) is 7.91. The normalized spacial score (nSPS) is 21.1. The van der Waals surface area contributed by atoms with Gasteiger partial charge >= 0.3 is 0 Å². The Balaban J connectivity index is 0.00000200. The van der Waals surface area contributed by atoms with E-state index in [4.69, 9.17) is 0 Å². The van der Waals surface area contributed by atoms with Gasteiger partial charge in [0.05, 0.1) is 14.1 Å². The molecule has 2 heteroatoms. The second-order valence-electron chi connectivity index (χ2n) is 6.48. The Labute approximate surface area is 142 Å². The lowest BCUT2D eigenvalue weighted by atomic mass is 9.83. The highest BCUT2D eigenvalue weighted by Gasteiger charge is 2.63. The first-order chi connectivity index (χ1) is 8.97. The third-order valence-corrected chi connectivity index (χ3v) is 6.41. The highest BCUT2D eigenvalue weighted by Crippen LogP contribution is 2.59. The smallest absolute Gasteiger partial charge is 0.125 e. The molecule has 2 rings (SSSR count). The number of fused-ring (bicyclic) bond motifs is 1. The molecule has 1 aliphatic rings. The van der Waals surface area contributed by atoms with E-state index < -0.39 is 0 Å². The highest BCUT2D eigenvalue weighted by atomic mass is 127. The molecule has 1 heterocycles. The first kappa shape index (κ1) is 18.0. The Morgan fingerprint density at radius 1 is 0.750 bits per heavy atom. The van der Waals surface area contributed by atoms with Gasteiger partial charge in [-0.05, 0) is 0 Å².